The second-order valence-electron chi connectivity index (χ2n) is 6.82. The molecule has 1 aromatic carbocycles. The van der Waals surface area contributed by atoms with Crippen LogP contribution in [-0.2, 0) is 11.5 Å². The lowest BCUT2D eigenvalue weighted by molar-refractivity contribution is -0.0494. The Labute approximate surface area is 151 Å². The zero-order valence-corrected chi connectivity index (χ0v) is 16.2. The number of alkyl halides is 2. The molecule has 25 heavy (non-hydrogen) atoms. The fraction of sp³-hybridized carbons (Fsp3) is 0.438. The van der Waals surface area contributed by atoms with Crippen LogP contribution in [0.2, 0.25) is 30.7 Å². The standard InChI is InChI=1S/C16H22ClF2N3O2Si/c1-25(2,3)7-6-23-10-22-15(13(20)9-21-22)12-8-11(17)4-5-14(12)24-16(18)19/h4-5,8-9,16H,6-7,10,20H2,1-3H3. The maximum absolute atomic E-state index is 12.7. The first-order valence-electron chi connectivity index (χ1n) is 7.81. The molecule has 2 N–H and O–H groups in total. The SMILES string of the molecule is C[Si](C)(C)CCOCn1ncc(N)c1-c1cc(Cl)ccc1OC(F)F. The van der Waals surface area contributed by atoms with E-state index in [1.165, 1.54) is 29.1 Å². The van der Waals surface area contributed by atoms with E-state index in [1.54, 1.807) is 0 Å². The van der Waals surface area contributed by atoms with E-state index >= 15 is 0 Å². The molecule has 0 aliphatic heterocycles. The van der Waals surface area contributed by atoms with Gasteiger partial charge >= 0.3 is 6.61 Å². The van der Waals surface area contributed by atoms with Gasteiger partial charge in [-0.3, -0.25) is 0 Å². The van der Waals surface area contributed by atoms with Gasteiger partial charge in [0, 0.05) is 25.3 Å². The molecule has 5 nitrogen and oxygen atoms in total. The summed E-state index contributed by atoms with van der Waals surface area (Å²) in [5, 5.41) is 4.55. The van der Waals surface area contributed by atoms with Crippen molar-refractivity contribution in [3.8, 4) is 17.0 Å². The average Bonchev–Trinajstić information content (AvgIpc) is 2.85. The number of halogens is 3. The van der Waals surface area contributed by atoms with Crippen molar-refractivity contribution in [3.63, 3.8) is 0 Å². The quantitative estimate of drug-likeness (QED) is 0.525. The van der Waals surface area contributed by atoms with Crippen LogP contribution in [0.25, 0.3) is 11.3 Å². The molecule has 2 rings (SSSR count). The first-order chi connectivity index (χ1) is 11.7. The predicted molar refractivity (Wildman–Crippen MR) is 97.8 cm³/mol. The Morgan fingerprint density at radius 1 is 1.32 bits per heavy atom. The van der Waals surface area contributed by atoms with Crippen molar-refractivity contribution < 1.29 is 18.3 Å². The van der Waals surface area contributed by atoms with Crippen LogP contribution < -0.4 is 10.5 Å². The number of hydrogen-bond donors (Lipinski definition) is 1. The molecular weight excluding hydrogens is 368 g/mol. The predicted octanol–water partition coefficient (Wildman–Crippen LogP) is 4.70. The van der Waals surface area contributed by atoms with Crippen molar-refractivity contribution in [3.05, 3.63) is 29.4 Å². The molecule has 0 aliphatic rings. The summed E-state index contributed by atoms with van der Waals surface area (Å²) in [6.45, 7) is 4.59. The molecule has 9 heteroatoms. The topological polar surface area (TPSA) is 62.3 Å². The highest BCUT2D eigenvalue weighted by Crippen LogP contribution is 2.36. The maximum Gasteiger partial charge on any atom is 0.387 e. The minimum Gasteiger partial charge on any atom is -0.434 e. The fourth-order valence-corrected chi connectivity index (χ4v) is 3.14. The van der Waals surface area contributed by atoms with Crippen molar-refractivity contribution in [1.82, 2.24) is 9.78 Å². The Kier molecular flexibility index (Phi) is 6.42. The van der Waals surface area contributed by atoms with Gasteiger partial charge in [-0.2, -0.15) is 13.9 Å². The molecule has 0 fully saturated rings. The van der Waals surface area contributed by atoms with Gasteiger partial charge in [0.15, 0.2) is 0 Å². The summed E-state index contributed by atoms with van der Waals surface area (Å²) in [5.74, 6) is -0.0186. The molecule has 0 radical (unpaired) electrons. The molecule has 0 saturated heterocycles. The van der Waals surface area contributed by atoms with E-state index in [0.717, 1.165) is 6.04 Å². The van der Waals surface area contributed by atoms with Gasteiger partial charge in [0.25, 0.3) is 0 Å². The van der Waals surface area contributed by atoms with E-state index in [4.69, 9.17) is 22.1 Å². The highest BCUT2D eigenvalue weighted by atomic mass is 35.5. The van der Waals surface area contributed by atoms with Gasteiger partial charge in [-0.15, -0.1) is 0 Å². The minimum atomic E-state index is -2.95. The third-order valence-electron chi connectivity index (χ3n) is 3.49. The minimum absolute atomic E-state index is 0.0186. The summed E-state index contributed by atoms with van der Waals surface area (Å²) in [6, 6.07) is 5.39. The Balaban J connectivity index is 2.25. The Hall–Kier alpha value is -1.64. The van der Waals surface area contributed by atoms with Crippen LogP contribution in [0.4, 0.5) is 14.5 Å². The molecule has 0 spiro atoms. The zero-order chi connectivity index (χ0) is 18.6. The number of nitrogen functional groups attached to an aromatic ring is 1. The van der Waals surface area contributed by atoms with Gasteiger partial charge in [-0.05, 0) is 24.2 Å². The molecule has 1 heterocycles. The van der Waals surface area contributed by atoms with Crippen LogP contribution in [0.3, 0.4) is 0 Å². The van der Waals surface area contributed by atoms with Crippen LogP contribution >= 0.6 is 11.6 Å². The first kappa shape index (κ1) is 19.7. The van der Waals surface area contributed by atoms with Gasteiger partial charge in [-0.1, -0.05) is 31.2 Å². The van der Waals surface area contributed by atoms with Gasteiger partial charge < -0.3 is 15.2 Å². The molecule has 0 amide bonds. The Bertz CT molecular complexity index is 720. The zero-order valence-electron chi connectivity index (χ0n) is 14.4. The van der Waals surface area contributed by atoms with E-state index in [-0.39, 0.29) is 12.5 Å². The number of rotatable bonds is 8. The molecule has 0 unspecified atom stereocenters. The van der Waals surface area contributed by atoms with E-state index in [0.29, 0.717) is 28.6 Å². The van der Waals surface area contributed by atoms with Gasteiger partial charge in [0.2, 0.25) is 0 Å². The van der Waals surface area contributed by atoms with Gasteiger partial charge in [0.1, 0.15) is 12.5 Å². The lowest BCUT2D eigenvalue weighted by Crippen LogP contribution is -2.22. The number of benzene rings is 1. The van der Waals surface area contributed by atoms with Gasteiger partial charge in [0.05, 0.1) is 17.6 Å². The first-order valence-corrected chi connectivity index (χ1v) is 11.9. The Morgan fingerprint density at radius 2 is 2.04 bits per heavy atom. The van der Waals surface area contributed by atoms with E-state index in [1.807, 2.05) is 0 Å². The smallest absolute Gasteiger partial charge is 0.387 e. The highest BCUT2D eigenvalue weighted by molar-refractivity contribution is 6.76. The maximum atomic E-state index is 12.7. The molecule has 2 aromatic rings. The molecule has 1 aromatic heterocycles. The summed E-state index contributed by atoms with van der Waals surface area (Å²) >= 11 is 6.01. The number of hydrogen-bond acceptors (Lipinski definition) is 4. The van der Waals surface area contributed by atoms with Crippen molar-refractivity contribution in [2.75, 3.05) is 12.3 Å². The number of ether oxygens (including phenoxy) is 2. The highest BCUT2D eigenvalue weighted by Gasteiger charge is 2.19. The van der Waals surface area contributed by atoms with Crippen molar-refractivity contribution >= 4 is 25.4 Å². The van der Waals surface area contributed by atoms with E-state index in [9.17, 15) is 8.78 Å². The van der Waals surface area contributed by atoms with Crippen molar-refractivity contribution in [2.24, 2.45) is 0 Å². The van der Waals surface area contributed by atoms with Crippen LogP contribution in [-0.4, -0.2) is 31.1 Å². The third kappa shape index (κ3) is 5.69. The van der Waals surface area contributed by atoms with Crippen LogP contribution in [0.1, 0.15) is 0 Å². The van der Waals surface area contributed by atoms with E-state index < -0.39 is 14.7 Å². The Morgan fingerprint density at radius 3 is 2.68 bits per heavy atom. The van der Waals surface area contributed by atoms with Crippen molar-refractivity contribution in [2.45, 2.75) is 39.0 Å². The average molecular weight is 390 g/mol. The molecule has 0 aliphatic carbocycles. The molecule has 138 valence electrons. The normalized spacial score (nSPS) is 12.0. The third-order valence-corrected chi connectivity index (χ3v) is 5.43. The number of nitrogens with two attached hydrogens (primary N) is 1. The fourth-order valence-electron chi connectivity index (χ4n) is 2.21. The molecule has 0 saturated carbocycles. The molecule has 0 bridgehead atoms. The van der Waals surface area contributed by atoms with Crippen LogP contribution in [0, 0.1) is 0 Å². The second kappa shape index (κ2) is 8.16. The summed E-state index contributed by atoms with van der Waals surface area (Å²) in [5.41, 5.74) is 7.09. The van der Waals surface area contributed by atoms with Crippen LogP contribution in [0.5, 0.6) is 5.75 Å². The second-order valence-corrected chi connectivity index (χ2v) is 12.9. The van der Waals surface area contributed by atoms with Crippen LogP contribution in [0.15, 0.2) is 24.4 Å². The summed E-state index contributed by atoms with van der Waals surface area (Å²) in [6.07, 6.45) is 1.45. The summed E-state index contributed by atoms with van der Waals surface area (Å²) in [4.78, 5) is 0. The number of nitrogens with zero attached hydrogens (tertiary/aromatic N) is 2. The molecular formula is C16H22ClF2N3O2Si. The largest absolute Gasteiger partial charge is 0.434 e. The number of anilines is 1. The lowest BCUT2D eigenvalue weighted by atomic mass is 10.1. The summed E-state index contributed by atoms with van der Waals surface area (Å²) < 4.78 is 37.1. The summed E-state index contributed by atoms with van der Waals surface area (Å²) in [7, 11) is -1.20. The van der Waals surface area contributed by atoms with Gasteiger partial charge in [-0.25, -0.2) is 4.68 Å². The lowest BCUT2D eigenvalue weighted by Gasteiger charge is -2.17. The monoisotopic (exact) mass is 389 g/mol. The number of aromatic nitrogens is 2. The van der Waals surface area contributed by atoms with Crippen molar-refractivity contribution in [1.29, 1.82) is 0 Å². The van der Waals surface area contributed by atoms with E-state index in [2.05, 4.69) is 29.5 Å². The molecule has 0 atom stereocenters.